The van der Waals surface area contributed by atoms with Crippen molar-refractivity contribution in [2.24, 2.45) is 0 Å². The molecule has 1 rings (SSSR count). The summed E-state index contributed by atoms with van der Waals surface area (Å²) in [5, 5.41) is 5.61. The Labute approximate surface area is 97.5 Å². The molecular weight excluding hydrogens is 206 g/mol. The van der Waals surface area contributed by atoms with Gasteiger partial charge in [-0.2, -0.15) is 0 Å². The average Bonchev–Trinajstić information content (AvgIpc) is 2.79. The first kappa shape index (κ1) is 13.3. The Bertz CT molecular complexity index is 205. The summed E-state index contributed by atoms with van der Waals surface area (Å²) in [6.45, 7) is 6.29. The van der Waals surface area contributed by atoms with E-state index >= 15 is 0 Å². The van der Waals surface area contributed by atoms with Gasteiger partial charge in [0, 0.05) is 26.2 Å². The van der Waals surface area contributed by atoms with E-state index in [4.69, 9.17) is 4.74 Å². The molecular formula is C11H23N3O2. The second-order valence-electron chi connectivity index (χ2n) is 4.22. The zero-order valence-electron chi connectivity index (χ0n) is 10.3. The van der Waals surface area contributed by atoms with Crippen LogP contribution in [-0.4, -0.2) is 56.9 Å². The maximum atomic E-state index is 11.3. The number of rotatable bonds is 6. The van der Waals surface area contributed by atoms with Crippen molar-refractivity contribution in [1.29, 1.82) is 0 Å². The average molecular weight is 229 g/mol. The van der Waals surface area contributed by atoms with Crippen LogP contribution in [0.15, 0.2) is 0 Å². The topological polar surface area (TPSA) is 53.6 Å². The van der Waals surface area contributed by atoms with Crippen molar-refractivity contribution in [2.45, 2.75) is 25.8 Å². The molecule has 1 saturated heterocycles. The fourth-order valence-corrected chi connectivity index (χ4v) is 1.88. The molecule has 5 heteroatoms. The maximum Gasteiger partial charge on any atom is 0.314 e. The molecule has 2 N–H and O–H groups in total. The highest BCUT2D eigenvalue weighted by Gasteiger charge is 2.17. The van der Waals surface area contributed by atoms with Gasteiger partial charge in [-0.1, -0.05) is 0 Å². The van der Waals surface area contributed by atoms with Crippen LogP contribution >= 0.6 is 0 Å². The summed E-state index contributed by atoms with van der Waals surface area (Å²) in [6, 6.07) is 0.318. The van der Waals surface area contributed by atoms with Crippen LogP contribution in [0.25, 0.3) is 0 Å². The lowest BCUT2D eigenvalue weighted by Gasteiger charge is -2.23. The lowest BCUT2D eigenvalue weighted by atomic mass is 10.3. The van der Waals surface area contributed by atoms with Crippen molar-refractivity contribution in [3.05, 3.63) is 0 Å². The monoisotopic (exact) mass is 229 g/mol. The smallest absolute Gasteiger partial charge is 0.314 e. The summed E-state index contributed by atoms with van der Waals surface area (Å²) in [5.41, 5.74) is 0. The molecule has 1 heterocycles. The molecule has 0 aromatic rings. The van der Waals surface area contributed by atoms with Crippen LogP contribution in [0.5, 0.6) is 0 Å². The lowest BCUT2D eigenvalue weighted by Crippen LogP contribution is -2.44. The van der Waals surface area contributed by atoms with Crippen LogP contribution in [0.4, 0.5) is 4.79 Å². The van der Waals surface area contributed by atoms with Crippen LogP contribution in [-0.2, 0) is 4.74 Å². The Balaban J connectivity index is 2.06. The van der Waals surface area contributed by atoms with Gasteiger partial charge >= 0.3 is 6.03 Å². The minimum absolute atomic E-state index is 0.108. The second kappa shape index (κ2) is 7.46. The van der Waals surface area contributed by atoms with E-state index in [0.29, 0.717) is 25.7 Å². The van der Waals surface area contributed by atoms with Crippen molar-refractivity contribution in [3.8, 4) is 0 Å². The number of nitrogens with zero attached hydrogens (tertiary/aromatic N) is 1. The Morgan fingerprint density at radius 1 is 1.38 bits per heavy atom. The van der Waals surface area contributed by atoms with E-state index in [1.807, 2.05) is 0 Å². The molecule has 1 fully saturated rings. The van der Waals surface area contributed by atoms with Gasteiger partial charge in [-0.3, -0.25) is 4.90 Å². The Hall–Kier alpha value is -0.810. The fraction of sp³-hybridized carbons (Fsp3) is 0.909. The molecule has 94 valence electrons. The first-order valence-corrected chi connectivity index (χ1v) is 5.98. The summed E-state index contributed by atoms with van der Waals surface area (Å²) in [6.07, 6.45) is 2.56. The second-order valence-corrected chi connectivity index (χ2v) is 4.22. The van der Waals surface area contributed by atoms with Gasteiger partial charge in [0.2, 0.25) is 0 Å². The molecule has 0 radical (unpaired) electrons. The summed E-state index contributed by atoms with van der Waals surface area (Å²) < 4.78 is 4.85. The minimum Gasteiger partial charge on any atom is -0.383 e. The molecule has 0 aromatic heterocycles. The van der Waals surface area contributed by atoms with Crippen molar-refractivity contribution < 1.29 is 9.53 Å². The molecule has 0 aromatic carbocycles. The van der Waals surface area contributed by atoms with Gasteiger partial charge in [0.25, 0.3) is 0 Å². The van der Waals surface area contributed by atoms with Gasteiger partial charge in [0.1, 0.15) is 0 Å². The van der Waals surface area contributed by atoms with Gasteiger partial charge in [-0.25, -0.2) is 4.79 Å². The molecule has 1 aliphatic heterocycles. The predicted octanol–water partition coefficient (Wildman–Crippen LogP) is 0.416. The molecule has 1 unspecified atom stereocenters. The predicted molar refractivity (Wildman–Crippen MR) is 63.5 cm³/mol. The quantitative estimate of drug-likeness (QED) is 0.649. The highest BCUT2D eigenvalue weighted by Crippen LogP contribution is 2.10. The molecule has 16 heavy (non-hydrogen) atoms. The third kappa shape index (κ3) is 4.81. The molecule has 0 saturated carbocycles. The zero-order chi connectivity index (χ0) is 11.8. The molecule has 1 atom stereocenters. The van der Waals surface area contributed by atoms with E-state index in [0.717, 1.165) is 13.1 Å². The fourth-order valence-electron chi connectivity index (χ4n) is 1.88. The highest BCUT2D eigenvalue weighted by atomic mass is 16.5. The van der Waals surface area contributed by atoms with Gasteiger partial charge in [0.05, 0.1) is 6.61 Å². The first-order valence-electron chi connectivity index (χ1n) is 5.98. The third-order valence-electron chi connectivity index (χ3n) is 2.91. The Morgan fingerprint density at radius 3 is 2.69 bits per heavy atom. The standard InChI is InChI=1S/C11H23N3O2/c1-10(14-6-3-4-7-14)9-13-11(15)12-5-8-16-2/h10H,3-9H2,1-2H3,(H2,12,13,15). The number of ether oxygens (including phenoxy) is 1. The van der Waals surface area contributed by atoms with Gasteiger partial charge in [0.15, 0.2) is 0 Å². The maximum absolute atomic E-state index is 11.3. The van der Waals surface area contributed by atoms with Gasteiger partial charge < -0.3 is 15.4 Å². The number of hydrogen-bond acceptors (Lipinski definition) is 3. The van der Waals surface area contributed by atoms with Crippen LogP contribution in [0.2, 0.25) is 0 Å². The van der Waals surface area contributed by atoms with Crippen molar-refractivity contribution >= 4 is 6.03 Å². The van der Waals surface area contributed by atoms with E-state index in [1.165, 1.54) is 12.8 Å². The molecule has 5 nitrogen and oxygen atoms in total. The van der Waals surface area contributed by atoms with Crippen molar-refractivity contribution in [1.82, 2.24) is 15.5 Å². The minimum atomic E-state index is -0.108. The number of nitrogens with one attached hydrogen (secondary N) is 2. The van der Waals surface area contributed by atoms with Crippen LogP contribution in [0.1, 0.15) is 19.8 Å². The highest BCUT2D eigenvalue weighted by molar-refractivity contribution is 5.73. The largest absolute Gasteiger partial charge is 0.383 e. The van der Waals surface area contributed by atoms with Crippen molar-refractivity contribution in [3.63, 3.8) is 0 Å². The van der Waals surface area contributed by atoms with E-state index in [9.17, 15) is 4.79 Å². The number of carbonyl (C=O) groups excluding carboxylic acids is 1. The number of methoxy groups -OCH3 is 1. The molecule has 1 aliphatic rings. The summed E-state index contributed by atoms with van der Waals surface area (Å²) >= 11 is 0. The van der Waals surface area contributed by atoms with E-state index in [2.05, 4.69) is 22.5 Å². The number of urea groups is 1. The normalized spacial score (nSPS) is 18.4. The van der Waals surface area contributed by atoms with Crippen LogP contribution in [0.3, 0.4) is 0 Å². The molecule has 0 bridgehead atoms. The number of likely N-dealkylation sites (tertiary alicyclic amines) is 1. The van der Waals surface area contributed by atoms with Gasteiger partial charge in [-0.15, -0.1) is 0 Å². The number of amides is 2. The van der Waals surface area contributed by atoms with E-state index in [-0.39, 0.29) is 6.03 Å². The van der Waals surface area contributed by atoms with E-state index in [1.54, 1.807) is 7.11 Å². The van der Waals surface area contributed by atoms with E-state index < -0.39 is 0 Å². The number of carbonyl (C=O) groups is 1. The zero-order valence-corrected chi connectivity index (χ0v) is 10.3. The van der Waals surface area contributed by atoms with Crippen LogP contribution in [0, 0.1) is 0 Å². The van der Waals surface area contributed by atoms with Crippen molar-refractivity contribution in [2.75, 3.05) is 39.9 Å². The molecule has 2 amide bonds. The molecule has 0 spiro atoms. The van der Waals surface area contributed by atoms with Crippen LogP contribution < -0.4 is 10.6 Å². The number of hydrogen-bond donors (Lipinski definition) is 2. The third-order valence-corrected chi connectivity index (χ3v) is 2.91. The van der Waals surface area contributed by atoms with Gasteiger partial charge in [-0.05, 0) is 32.9 Å². The summed E-state index contributed by atoms with van der Waals surface area (Å²) in [7, 11) is 1.62. The SMILES string of the molecule is COCCNC(=O)NCC(C)N1CCCC1. The lowest BCUT2D eigenvalue weighted by molar-refractivity contribution is 0.194. The first-order chi connectivity index (χ1) is 7.74. The molecule has 0 aliphatic carbocycles. The Morgan fingerprint density at radius 2 is 2.06 bits per heavy atom. The Kier molecular flexibility index (Phi) is 6.18. The summed E-state index contributed by atoms with van der Waals surface area (Å²) in [5.74, 6) is 0. The summed E-state index contributed by atoms with van der Waals surface area (Å²) in [4.78, 5) is 13.8.